The quantitative estimate of drug-likeness (QED) is 0.316. The molecule has 146 valence electrons. The van der Waals surface area contributed by atoms with Crippen LogP contribution in [0, 0.1) is 0 Å². The number of hydrogen-bond donors (Lipinski definition) is 0. The molecule has 0 spiro atoms. The van der Waals surface area contributed by atoms with Crippen molar-refractivity contribution in [2.45, 2.75) is 11.4 Å². The van der Waals surface area contributed by atoms with Crippen LogP contribution >= 0.6 is 46.3 Å². The lowest BCUT2D eigenvalue weighted by atomic mass is 10.2. The largest absolute Gasteiger partial charge is 0.279 e. The topological polar surface area (TPSA) is 46.1 Å². The first-order valence-electron chi connectivity index (χ1n) is 8.65. The van der Waals surface area contributed by atoms with E-state index in [9.17, 15) is 4.79 Å². The van der Waals surface area contributed by atoms with Gasteiger partial charge < -0.3 is 0 Å². The van der Waals surface area contributed by atoms with Gasteiger partial charge >= 0.3 is 0 Å². The number of nitrogens with zero attached hydrogens (tertiary/aromatic N) is 3. The van der Waals surface area contributed by atoms with Crippen LogP contribution in [0.1, 0.15) is 15.9 Å². The molecule has 2 aromatic heterocycles. The van der Waals surface area contributed by atoms with Crippen LogP contribution in [0.2, 0.25) is 10.0 Å². The number of hydrogen-bond acceptors (Lipinski definition) is 5. The van der Waals surface area contributed by atoms with Crippen molar-refractivity contribution in [2.75, 3.05) is 11.2 Å². The predicted molar refractivity (Wildman–Crippen MR) is 123 cm³/mol. The van der Waals surface area contributed by atoms with Crippen molar-refractivity contribution in [3.8, 4) is 0 Å². The van der Waals surface area contributed by atoms with E-state index in [0.717, 1.165) is 20.7 Å². The number of pyridine rings is 1. The molecule has 0 aliphatic carbocycles. The van der Waals surface area contributed by atoms with Gasteiger partial charge in [0.15, 0.2) is 5.13 Å². The molecule has 29 heavy (non-hydrogen) atoms. The van der Waals surface area contributed by atoms with E-state index < -0.39 is 0 Å². The van der Waals surface area contributed by atoms with E-state index in [1.54, 1.807) is 47.3 Å². The maximum Gasteiger partial charge on any atom is 0.261 e. The summed E-state index contributed by atoms with van der Waals surface area (Å²) in [6, 6.07) is 14.7. The number of carbonyl (C=O) groups excluding carboxylic acids is 1. The van der Waals surface area contributed by atoms with E-state index in [1.165, 1.54) is 11.3 Å². The Balaban J connectivity index is 1.79. The van der Waals surface area contributed by atoms with Crippen LogP contribution in [-0.2, 0) is 6.54 Å². The molecule has 0 unspecified atom stereocenters. The molecule has 0 bridgehead atoms. The summed E-state index contributed by atoms with van der Waals surface area (Å²) >= 11 is 15.6. The standard InChI is InChI=1S/C21H15Cl2N3OS2/c1-28-15-5-7-18-19(10-15)29-21(25-18)26(12-13-3-2-8-24-11-13)20(27)16-9-14(22)4-6-17(16)23/h2-11H,12H2,1H3. The number of fused-ring (bicyclic) bond motifs is 1. The van der Waals surface area contributed by atoms with Crippen molar-refractivity contribution in [3.63, 3.8) is 0 Å². The minimum atomic E-state index is -0.259. The number of aromatic nitrogens is 2. The normalized spacial score (nSPS) is 11.0. The Kier molecular flexibility index (Phi) is 6.06. The third kappa shape index (κ3) is 4.41. The molecule has 0 N–H and O–H groups in total. The number of thiazole rings is 1. The summed E-state index contributed by atoms with van der Waals surface area (Å²) in [4.78, 5) is 25.1. The van der Waals surface area contributed by atoms with Crippen molar-refractivity contribution < 1.29 is 4.79 Å². The first-order valence-corrected chi connectivity index (χ1v) is 11.5. The number of carbonyl (C=O) groups is 1. The van der Waals surface area contributed by atoms with Crippen LogP contribution < -0.4 is 4.90 Å². The SMILES string of the molecule is CSc1ccc2nc(N(Cc3cccnc3)C(=O)c3cc(Cl)ccc3Cl)sc2c1. The second-order valence-corrected chi connectivity index (χ2v) is 8.94. The minimum absolute atomic E-state index is 0.259. The monoisotopic (exact) mass is 459 g/mol. The maximum absolute atomic E-state index is 13.4. The molecular weight excluding hydrogens is 445 g/mol. The Bertz CT molecular complexity index is 1180. The van der Waals surface area contributed by atoms with E-state index in [4.69, 9.17) is 28.2 Å². The molecule has 0 radical (unpaired) electrons. The number of amides is 1. The average Bonchev–Trinajstić information content (AvgIpc) is 3.16. The highest BCUT2D eigenvalue weighted by Gasteiger charge is 2.24. The zero-order valence-corrected chi connectivity index (χ0v) is 18.4. The van der Waals surface area contributed by atoms with Gasteiger partial charge in [0.2, 0.25) is 0 Å². The maximum atomic E-state index is 13.4. The van der Waals surface area contributed by atoms with Gasteiger partial charge in [0.05, 0.1) is 27.3 Å². The molecule has 4 rings (SSSR count). The van der Waals surface area contributed by atoms with Crippen LogP contribution in [0.4, 0.5) is 5.13 Å². The molecule has 0 fully saturated rings. The molecule has 1 amide bonds. The van der Waals surface area contributed by atoms with Gasteiger partial charge in [-0.15, -0.1) is 11.8 Å². The molecule has 0 aliphatic rings. The molecule has 0 saturated carbocycles. The number of benzene rings is 2. The lowest BCUT2D eigenvalue weighted by molar-refractivity contribution is 0.0985. The Morgan fingerprint density at radius 3 is 2.79 bits per heavy atom. The van der Waals surface area contributed by atoms with Crippen LogP contribution in [0.15, 0.2) is 65.8 Å². The molecule has 0 aliphatic heterocycles. The van der Waals surface area contributed by atoms with E-state index >= 15 is 0 Å². The fraction of sp³-hybridized carbons (Fsp3) is 0.0952. The third-order valence-corrected chi connectivity index (χ3v) is 6.61. The van der Waals surface area contributed by atoms with E-state index in [1.807, 2.05) is 30.5 Å². The smallest absolute Gasteiger partial charge is 0.261 e. The predicted octanol–water partition coefficient (Wildman–Crippen LogP) is 6.57. The van der Waals surface area contributed by atoms with E-state index in [2.05, 4.69) is 11.1 Å². The summed E-state index contributed by atoms with van der Waals surface area (Å²) in [6.07, 6.45) is 5.46. The van der Waals surface area contributed by atoms with Crippen LogP contribution in [0.3, 0.4) is 0 Å². The minimum Gasteiger partial charge on any atom is -0.279 e. The fourth-order valence-electron chi connectivity index (χ4n) is 2.84. The van der Waals surface area contributed by atoms with Gasteiger partial charge in [0, 0.05) is 22.3 Å². The highest BCUT2D eigenvalue weighted by molar-refractivity contribution is 7.98. The first-order chi connectivity index (χ1) is 14.0. The van der Waals surface area contributed by atoms with Crippen molar-refractivity contribution in [3.05, 3.63) is 82.1 Å². The van der Waals surface area contributed by atoms with Crippen LogP contribution in [-0.4, -0.2) is 22.1 Å². The van der Waals surface area contributed by atoms with Gasteiger partial charge in [-0.05, 0) is 54.3 Å². The van der Waals surface area contributed by atoms with Gasteiger partial charge in [-0.3, -0.25) is 14.7 Å². The third-order valence-electron chi connectivity index (χ3n) is 4.28. The molecule has 4 aromatic rings. The van der Waals surface area contributed by atoms with E-state index in [0.29, 0.717) is 27.3 Å². The molecule has 0 saturated heterocycles. The van der Waals surface area contributed by atoms with Gasteiger partial charge in [-0.2, -0.15) is 0 Å². The number of thioether (sulfide) groups is 1. The molecule has 2 heterocycles. The second-order valence-electron chi connectivity index (χ2n) is 6.21. The van der Waals surface area contributed by atoms with Crippen molar-refractivity contribution in [2.24, 2.45) is 0 Å². The summed E-state index contributed by atoms with van der Waals surface area (Å²) in [6.45, 7) is 0.324. The zero-order chi connectivity index (χ0) is 20.4. The van der Waals surface area contributed by atoms with E-state index in [-0.39, 0.29) is 5.91 Å². The Morgan fingerprint density at radius 2 is 2.03 bits per heavy atom. The molecule has 4 nitrogen and oxygen atoms in total. The van der Waals surface area contributed by atoms with Crippen molar-refractivity contribution in [1.29, 1.82) is 0 Å². The van der Waals surface area contributed by atoms with Crippen molar-refractivity contribution >= 4 is 67.6 Å². The fourth-order valence-corrected chi connectivity index (χ4v) is 4.73. The van der Waals surface area contributed by atoms with Crippen LogP contribution in [0.5, 0.6) is 0 Å². The number of rotatable bonds is 5. The summed E-state index contributed by atoms with van der Waals surface area (Å²) in [5.41, 5.74) is 2.08. The van der Waals surface area contributed by atoms with Gasteiger partial charge in [0.1, 0.15) is 0 Å². The molecule has 0 atom stereocenters. The average molecular weight is 460 g/mol. The summed E-state index contributed by atoms with van der Waals surface area (Å²) < 4.78 is 1.02. The van der Waals surface area contributed by atoms with Crippen LogP contribution in [0.25, 0.3) is 10.2 Å². The zero-order valence-electron chi connectivity index (χ0n) is 15.3. The first kappa shape index (κ1) is 20.2. The highest BCUT2D eigenvalue weighted by atomic mass is 35.5. The van der Waals surface area contributed by atoms with Gasteiger partial charge in [-0.25, -0.2) is 4.98 Å². The highest BCUT2D eigenvalue weighted by Crippen LogP contribution is 2.34. The number of halogens is 2. The lowest BCUT2D eigenvalue weighted by Gasteiger charge is -2.20. The Hall–Kier alpha value is -2.12. The summed E-state index contributed by atoms with van der Waals surface area (Å²) in [5, 5.41) is 1.40. The van der Waals surface area contributed by atoms with Crippen molar-refractivity contribution in [1.82, 2.24) is 9.97 Å². The molecular formula is C21H15Cl2N3OS2. The number of anilines is 1. The molecule has 8 heteroatoms. The second kappa shape index (κ2) is 8.71. The Labute approximate surface area is 186 Å². The van der Waals surface area contributed by atoms with Gasteiger partial charge in [0.25, 0.3) is 5.91 Å². The summed E-state index contributed by atoms with van der Waals surface area (Å²) in [7, 11) is 0. The Morgan fingerprint density at radius 1 is 1.17 bits per heavy atom. The van der Waals surface area contributed by atoms with Gasteiger partial charge in [-0.1, -0.05) is 40.6 Å². The lowest BCUT2D eigenvalue weighted by Crippen LogP contribution is -2.30. The summed E-state index contributed by atoms with van der Waals surface area (Å²) in [5.74, 6) is -0.259. The molecule has 2 aromatic carbocycles.